The molecule has 1 fully saturated rings. The second-order valence-electron chi connectivity index (χ2n) is 8.53. The summed E-state index contributed by atoms with van der Waals surface area (Å²) in [6, 6.07) is 6.33. The molecule has 2 aliphatic rings. The zero-order valence-electron chi connectivity index (χ0n) is 17.2. The van der Waals surface area contributed by atoms with E-state index in [1.54, 1.807) is 0 Å². The Morgan fingerprint density at radius 1 is 1.30 bits per heavy atom. The summed E-state index contributed by atoms with van der Waals surface area (Å²) in [5.41, 5.74) is 3.77. The highest BCUT2D eigenvalue weighted by Gasteiger charge is 2.38. The molecule has 0 aromatic heterocycles. The van der Waals surface area contributed by atoms with Gasteiger partial charge in [-0.3, -0.25) is 14.5 Å². The fourth-order valence-electron chi connectivity index (χ4n) is 4.32. The third-order valence-electron chi connectivity index (χ3n) is 5.49. The van der Waals surface area contributed by atoms with Gasteiger partial charge in [-0.05, 0) is 87.6 Å². The van der Waals surface area contributed by atoms with Crippen molar-refractivity contribution in [3.8, 4) is 0 Å². The summed E-state index contributed by atoms with van der Waals surface area (Å²) in [7, 11) is 0. The molecule has 2 amide bonds. The zero-order chi connectivity index (χ0) is 19.9. The molecule has 0 N–H and O–H groups in total. The quantitative estimate of drug-likeness (QED) is 0.629. The van der Waals surface area contributed by atoms with Crippen molar-refractivity contribution < 1.29 is 9.59 Å². The van der Waals surface area contributed by atoms with Crippen LogP contribution in [0.5, 0.6) is 0 Å². The molecule has 1 saturated heterocycles. The number of amides is 2. The van der Waals surface area contributed by atoms with Gasteiger partial charge in [0, 0.05) is 23.8 Å². The van der Waals surface area contributed by atoms with Gasteiger partial charge in [0.15, 0.2) is 0 Å². The summed E-state index contributed by atoms with van der Waals surface area (Å²) in [5.74, 6) is 0.279. The first-order chi connectivity index (χ1) is 12.7. The topological polar surface area (TPSA) is 40.6 Å². The van der Waals surface area contributed by atoms with Gasteiger partial charge in [0.1, 0.15) is 0 Å². The van der Waals surface area contributed by atoms with E-state index in [-0.39, 0.29) is 22.7 Å². The number of rotatable bonds is 4. The number of nitrogens with zero attached hydrogens (tertiary/aromatic N) is 2. The lowest BCUT2D eigenvalue weighted by atomic mass is 9.79. The molecule has 0 bridgehead atoms. The summed E-state index contributed by atoms with van der Waals surface area (Å²) in [4.78, 5) is 29.0. The lowest BCUT2D eigenvalue weighted by Crippen LogP contribution is -2.48. The first-order valence-corrected chi connectivity index (χ1v) is 10.7. The SMILES string of the molecule is CCCN1c2ccc(/C=C3/SC(=O)N(C(C)C)C3=O)cc2C(C)CC1(C)C. The first-order valence-electron chi connectivity index (χ1n) is 9.84. The minimum atomic E-state index is -0.181. The highest BCUT2D eigenvalue weighted by Crippen LogP contribution is 2.44. The van der Waals surface area contributed by atoms with Crippen LogP contribution in [0.25, 0.3) is 6.08 Å². The van der Waals surface area contributed by atoms with Crippen LogP contribution >= 0.6 is 11.8 Å². The number of anilines is 1. The molecular weight excluding hydrogens is 356 g/mol. The number of carbonyl (C=O) groups excluding carboxylic acids is 2. The Morgan fingerprint density at radius 3 is 2.59 bits per heavy atom. The summed E-state index contributed by atoms with van der Waals surface area (Å²) in [6.45, 7) is 13.9. The predicted octanol–water partition coefficient (Wildman–Crippen LogP) is 5.63. The van der Waals surface area contributed by atoms with Crippen LogP contribution in [-0.2, 0) is 4.79 Å². The molecule has 146 valence electrons. The van der Waals surface area contributed by atoms with Crippen LogP contribution in [0.1, 0.15) is 71.4 Å². The molecule has 4 nitrogen and oxygen atoms in total. The number of fused-ring (bicyclic) bond motifs is 1. The fourth-order valence-corrected chi connectivity index (χ4v) is 5.28. The second-order valence-corrected chi connectivity index (χ2v) is 9.53. The van der Waals surface area contributed by atoms with Crippen LogP contribution in [-0.4, -0.2) is 34.2 Å². The summed E-state index contributed by atoms with van der Waals surface area (Å²) >= 11 is 1.04. The van der Waals surface area contributed by atoms with E-state index in [9.17, 15) is 9.59 Å². The highest BCUT2D eigenvalue weighted by atomic mass is 32.2. The number of benzene rings is 1. The summed E-state index contributed by atoms with van der Waals surface area (Å²) in [5, 5.41) is -0.177. The van der Waals surface area contributed by atoms with Crippen molar-refractivity contribution in [3.05, 3.63) is 34.2 Å². The normalized spacial score (nSPS) is 23.5. The van der Waals surface area contributed by atoms with Gasteiger partial charge in [-0.25, -0.2) is 0 Å². The minimum Gasteiger partial charge on any atom is -0.366 e. The third-order valence-corrected chi connectivity index (χ3v) is 6.38. The van der Waals surface area contributed by atoms with Crippen molar-refractivity contribution in [2.75, 3.05) is 11.4 Å². The smallest absolute Gasteiger partial charge is 0.293 e. The molecule has 3 rings (SSSR count). The molecule has 2 heterocycles. The molecule has 0 spiro atoms. The van der Waals surface area contributed by atoms with Gasteiger partial charge in [-0.2, -0.15) is 0 Å². The van der Waals surface area contributed by atoms with E-state index in [0.29, 0.717) is 10.8 Å². The van der Waals surface area contributed by atoms with E-state index in [2.05, 4.69) is 50.8 Å². The van der Waals surface area contributed by atoms with Crippen LogP contribution in [0, 0.1) is 0 Å². The average molecular weight is 387 g/mol. The molecule has 1 aromatic carbocycles. The fraction of sp³-hybridized carbons (Fsp3) is 0.545. The average Bonchev–Trinajstić information content (AvgIpc) is 2.85. The van der Waals surface area contributed by atoms with Gasteiger partial charge in [0.25, 0.3) is 11.1 Å². The maximum Gasteiger partial charge on any atom is 0.293 e. The third kappa shape index (κ3) is 3.66. The lowest BCUT2D eigenvalue weighted by Gasteiger charge is -2.47. The maximum absolute atomic E-state index is 12.5. The van der Waals surface area contributed by atoms with Gasteiger partial charge in [0.05, 0.1) is 4.91 Å². The van der Waals surface area contributed by atoms with Gasteiger partial charge in [-0.1, -0.05) is 19.9 Å². The monoisotopic (exact) mass is 386 g/mol. The first kappa shape index (κ1) is 20.0. The van der Waals surface area contributed by atoms with Crippen LogP contribution in [0.4, 0.5) is 10.5 Å². The zero-order valence-corrected chi connectivity index (χ0v) is 18.0. The van der Waals surface area contributed by atoms with E-state index in [1.807, 2.05) is 19.9 Å². The lowest BCUT2D eigenvalue weighted by molar-refractivity contribution is -0.123. The van der Waals surface area contributed by atoms with E-state index >= 15 is 0 Å². The number of carbonyl (C=O) groups is 2. The molecule has 5 heteroatoms. The minimum absolute atomic E-state index is 0.114. The Morgan fingerprint density at radius 2 is 2.00 bits per heavy atom. The van der Waals surface area contributed by atoms with E-state index in [1.165, 1.54) is 16.2 Å². The standard InChI is InChI=1S/C22H30N2O2S/c1-7-10-23-18-9-8-16(11-17(18)15(4)13-22(23,5)6)12-19-20(25)24(14(2)3)21(26)27-19/h8-9,11-12,14-15H,7,10,13H2,1-6H3/b19-12+. The predicted molar refractivity (Wildman–Crippen MR) is 114 cm³/mol. The number of hydrogen-bond acceptors (Lipinski definition) is 4. The number of imide groups is 1. The molecule has 0 radical (unpaired) electrons. The van der Waals surface area contributed by atoms with E-state index in [0.717, 1.165) is 36.7 Å². The Balaban J connectivity index is 1.96. The molecule has 1 unspecified atom stereocenters. The molecule has 1 atom stereocenters. The van der Waals surface area contributed by atoms with Crippen molar-refractivity contribution in [1.82, 2.24) is 4.90 Å². The summed E-state index contributed by atoms with van der Waals surface area (Å²) < 4.78 is 0. The van der Waals surface area contributed by atoms with E-state index in [4.69, 9.17) is 0 Å². The number of thioether (sulfide) groups is 1. The largest absolute Gasteiger partial charge is 0.366 e. The maximum atomic E-state index is 12.5. The Hall–Kier alpha value is -1.75. The molecule has 0 saturated carbocycles. The van der Waals surface area contributed by atoms with Gasteiger partial charge in [-0.15, -0.1) is 0 Å². The molecule has 0 aliphatic carbocycles. The van der Waals surface area contributed by atoms with Gasteiger partial charge < -0.3 is 4.90 Å². The highest BCUT2D eigenvalue weighted by molar-refractivity contribution is 8.18. The Labute approximate surface area is 167 Å². The van der Waals surface area contributed by atoms with Crippen molar-refractivity contribution >= 4 is 34.7 Å². The van der Waals surface area contributed by atoms with Crippen LogP contribution < -0.4 is 4.90 Å². The second kappa shape index (κ2) is 7.34. The Kier molecular flexibility index (Phi) is 5.44. The molecule has 1 aromatic rings. The van der Waals surface area contributed by atoms with Crippen LogP contribution in [0.3, 0.4) is 0 Å². The van der Waals surface area contributed by atoms with Crippen molar-refractivity contribution in [1.29, 1.82) is 0 Å². The van der Waals surface area contributed by atoms with Crippen molar-refractivity contribution in [2.45, 2.75) is 71.9 Å². The van der Waals surface area contributed by atoms with E-state index < -0.39 is 0 Å². The molecular formula is C22H30N2O2S. The van der Waals surface area contributed by atoms with Gasteiger partial charge in [0.2, 0.25) is 0 Å². The van der Waals surface area contributed by atoms with Crippen LogP contribution in [0.15, 0.2) is 23.1 Å². The van der Waals surface area contributed by atoms with Gasteiger partial charge >= 0.3 is 0 Å². The molecule has 27 heavy (non-hydrogen) atoms. The summed E-state index contributed by atoms with van der Waals surface area (Å²) in [6.07, 6.45) is 4.08. The number of hydrogen-bond donors (Lipinski definition) is 0. The molecule has 2 aliphatic heterocycles. The van der Waals surface area contributed by atoms with Crippen molar-refractivity contribution in [3.63, 3.8) is 0 Å². The van der Waals surface area contributed by atoms with Crippen LogP contribution in [0.2, 0.25) is 0 Å². The Bertz CT molecular complexity index is 798. The van der Waals surface area contributed by atoms with Crippen molar-refractivity contribution in [2.24, 2.45) is 0 Å².